The molecular weight excluding hydrogens is 277 g/mol. The molecule has 0 fully saturated rings. The van der Waals surface area contributed by atoms with E-state index in [0.717, 1.165) is 10.4 Å². The predicted molar refractivity (Wildman–Crippen MR) is 67.1 cm³/mol. The van der Waals surface area contributed by atoms with Crippen LogP contribution >= 0.6 is 11.3 Å². The highest BCUT2D eigenvalue weighted by Gasteiger charge is 2.31. The van der Waals surface area contributed by atoms with Crippen LogP contribution in [0.25, 0.3) is 10.4 Å². The summed E-state index contributed by atoms with van der Waals surface area (Å²) in [6.07, 6.45) is -4.72. The van der Waals surface area contributed by atoms with Crippen LogP contribution in [0.1, 0.15) is 11.1 Å². The number of alkyl halides is 3. The molecule has 2 rings (SSSR count). The fourth-order valence-electron chi connectivity index (χ4n) is 1.69. The highest BCUT2D eigenvalue weighted by molar-refractivity contribution is 7.13. The molecule has 0 aliphatic heterocycles. The maximum Gasteiger partial charge on any atom is 0.573 e. The first kappa shape index (κ1) is 13.9. The lowest BCUT2D eigenvalue weighted by molar-refractivity contribution is -0.274. The van der Waals surface area contributed by atoms with E-state index in [1.54, 1.807) is 0 Å². The number of thiophene rings is 1. The van der Waals surface area contributed by atoms with Gasteiger partial charge in [-0.1, -0.05) is 6.07 Å². The minimum Gasteiger partial charge on any atom is -0.406 e. The van der Waals surface area contributed by atoms with Gasteiger partial charge in [0, 0.05) is 10.4 Å². The van der Waals surface area contributed by atoms with E-state index in [4.69, 9.17) is 0 Å². The van der Waals surface area contributed by atoms with Gasteiger partial charge < -0.3 is 9.84 Å². The number of aliphatic hydroxyl groups is 1. The van der Waals surface area contributed by atoms with Crippen molar-refractivity contribution in [1.29, 1.82) is 0 Å². The second kappa shape index (κ2) is 5.22. The SMILES string of the molecule is Cc1csc(-c2cc(OC(F)(F)F)ccc2CO)c1. The lowest BCUT2D eigenvalue weighted by atomic mass is 10.1. The molecule has 6 heteroatoms. The zero-order valence-corrected chi connectivity index (χ0v) is 10.8. The molecule has 0 amide bonds. The van der Waals surface area contributed by atoms with Crippen molar-refractivity contribution in [2.24, 2.45) is 0 Å². The number of hydrogen-bond acceptors (Lipinski definition) is 3. The average molecular weight is 288 g/mol. The summed E-state index contributed by atoms with van der Waals surface area (Å²) in [5.74, 6) is -0.286. The Bertz CT molecular complexity index is 576. The number of aliphatic hydroxyl groups excluding tert-OH is 1. The van der Waals surface area contributed by atoms with Crippen molar-refractivity contribution in [2.75, 3.05) is 0 Å². The third-order valence-corrected chi connectivity index (χ3v) is 3.56. The van der Waals surface area contributed by atoms with Crippen molar-refractivity contribution in [3.8, 4) is 16.2 Å². The largest absolute Gasteiger partial charge is 0.573 e. The van der Waals surface area contributed by atoms with Gasteiger partial charge in [0.25, 0.3) is 0 Å². The second-order valence-electron chi connectivity index (χ2n) is 4.01. The summed E-state index contributed by atoms with van der Waals surface area (Å²) in [5.41, 5.74) is 2.14. The molecule has 0 spiro atoms. The Labute approximate surface area is 112 Å². The van der Waals surface area contributed by atoms with Gasteiger partial charge in [-0.05, 0) is 41.6 Å². The van der Waals surface area contributed by atoms with Crippen molar-refractivity contribution < 1.29 is 23.0 Å². The van der Waals surface area contributed by atoms with E-state index < -0.39 is 6.36 Å². The molecule has 0 aliphatic carbocycles. The molecule has 0 unspecified atom stereocenters. The monoisotopic (exact) mass is 288 g/mol. The van der Waals surface area contributed by atoms with Crippen LogP contribution in [-0.2, 0) is 6.61 Å². The molecule has 2 aromatic rings. The molecule has 1 N–H and O–H groups in total. The molecule has 0 aliphatic rings. The van der Waals surface area contributed by atoms with Crippen molar-refractivity contribution in [2.45, 2.75) is 19.9 Å². The maximum absolute atomic E-state index is 12.2. The average Bonchev–Trinajstić information content (AvgIpc) is 2.73. The third-order valence-electron chi connectivity index (χ3n) is 2.48. The smallest absolute Gasteiger partial charge is 0.406 e. The predicted octanol–water partition coefficient (Wildman–Crippen LogP) is 4.11. The standard InChI is InChI=1S/C13H11F3O2S/c1-8-4-12(19-7-8)11-5-10(18-13(14,15)16)3-2-9(11)6-17/h2-5,7,17H,6H2,1H3. The van der Waals surface area contributed by atoms with E-state index >= 15 is 0 Å². The van der Waals surface area contributed by atoms with Gasteiger partial charge in [0.1, 0.15) is 5.75 Å². The number of hydrogen-bond donors (Lipinski definition) is 1. The van der Waals surface area contributed by atoms with E-state index in [1.807, 2.05) is 18.4 Å². The van der Waals surface area contributed by atoms with Crippen LogP contribution in [-0.4, -0.2) is 11.5 Å². The van der Waals surface area contributed by atoms with Gasteiger partial charge in [0.15, 0.2) is 0 Å². The van der Waals surface area contributed by atoms with E-state index in [1.165, 1.54) is 29.5 Å². The second-order valence-corrected chi connectivity index (χ2v) is 4.92. The number of ether oxygens (including phenoxy) is 1. The minimum atomic E-state index is -4.72. The van der Waals surface area contributed by atoms with Gasteiger partial charge in [0.2, 0.25) is 0 Å². The van der Waals surface area contributed by atoms with Gasteiger partial charge in [-0.3, -0.25) is 0 Å². The summed E-state index contributed by atoms with van der Waals surface area (Å²) in [7, 11) is 0. The van der Waals surface area contributed by atoms with Crippen LogP contribution in [0.4, 0.5) is 13.2 Å². The van der Waals surface area contributed by atoms with Crippen molar-refractivity contribution >= 4 is 11.3 Å². The molecule has 1 heterocycles. The van der Waals surface area contributed by atoms with Crippen LogP contribution in [0.15, 0.2) is 29.6 Å². The Morgan fingerprint density at radius 1 is 1.26 bits per heavy atom. The van der Waals surface area contributed by atoms with E-state index in [-0.39, 0.29) is 12.4 Å². The molecule has 0 atom stereocenters. The van der Waals surface area contributed by atoms with Crippen LogP contribution in [0, 0.1) is 6.92 Å². The van der Waals surface area contributed by atoms with Crippen LogP contribution in [0.2, 0.25) is 0 Å². The van der Waals surface area contributed by atoms with Gasteiger partial charge in [-0.15, -0.1) is 24.5 Å². The lowest BCUT2D eigenvalue weighted by Crippen LogP contribution is -2.17. The fourth-order valence-corrected chi connectivity index (χ4v) is 2.64. The molecule has 0 bridgehead atoms. The van der Waals surface area contributed by atoms with Crippen molar-refractivity contribution in [3.63, 3.8) is 0 Å². The summed E-state index contributed by atoms with van der Waals surface area (Å²) >= 11 is 1.41. The highest BCUT2D eigenvalue weighted by atomic mass is 32.1. The van der Waals surface area contributed by atoms with Crippen LogP contribution in [0.5, 0.6) is 5.75 Å². The summed E-state index contributed by atoms with van der Waals surface area (Å²) in [6.45, 7) is 1.66. The van der Waals surface area contributed by atoms with Gasteiger partial charge >= 0.3 is 6.36 Å². The molecule has 1 aromatic carbocycles. The first-order chi connectivity index (χ1) is 8.89. The Balaban J connectivity index is 2.42. The molecular formula is C13H11F3O2S. The quantitative estimate of drug-likeness (QED) is 0.920. The first-order valence-corrected chi connectivity index (χ1v) is 6.32. The Morgan fingerprint density at radius 3 is 2.53 bits per heavy atom. The summed E-state index contributed by atoms with van der Waals surface area (Å²) in [6, 6.07) is 5.79. The third kappa shape index (κ3) is 3.48. The van der Waals surface area contributed by atoms with Gasteiger partial charge in [-0.25, -0.2) is 0 Å². The number of benzene rings is 1. The van der Waals surface area contributed by atoms with E-state index in [2.05, 4.69) is 4.74 Å². The minimum absolute atomic E-state index is 0.238. The zero-order valence-electron chi connectivity index (χ0n) is 9.99. The molecule has 1 aromatic heterocycles. The number of rotatable bonds is 3. The van der Waals surface area contributed by atoms with Crippen LogP contribution < -0.4 is 4.74 Å². The van der Waals surface area contributed by atoms with E-state index in [9.17, 15) is 18.3 Å². The Kier molecular flexibility index (Phi) is 3.82. The normalized spacial score (nSPS) is 11.6. The maximum atomic E-state index is 12.2. The Hall–Kier alpha value is -1.53. The fraction of sp³-hybridized carbons (Fsp3) is 0.231. The number of aryl methyl sites for hydroxylation is 1. The molecule has 2 nitrogen and oxygen atoms in total. The molecule has 19 heavy (non-hydrogen) atoms. The summed E-state index contributed by atoms with van der Waals surface area (Å²) < 4.78 is 40.5. The van der Waals surface area contributed by atoms with Crippen molar-refractivity contribution in [1.82, 2.24) is 0 Å². The summed E-state index contributed by atoms with van der Waals surface area (Å²) in [5, 5.41) is 11.1. The van der Waals surface area contributed by atoms with Gasteiger partial charge in [0.05, 0.1) is 6.61 Å². The van der Waals surface area contributed by atoms with Gasteiger partial charge in [-0.2, -0.15) is 0 Å². The zero-order chi connectivity index (χ0) is 14.0. The van der Waals surface area contributed by atoms with Crippen molar-refractivity contribution in [3.05, 3.63) is 40.8 Å². The molecule has 102 valence electrons. The first-order valence-electron chi connectivity index (χ1n) is 5.44. The molecule has 0 saturated carbocycles. The molecule has 0 saturated heterocycles. The van der Waals surface area contributed by atoms with Crippen LogP contribution in [0.3, 0.4) is 0 Å². The number of halogens is 3. The lowest BCUT2D eigenvalue weighted by Gasteiger charge is -2.12. The molecule has 0 radical (unpaired) electrons. The Morgan fingerprint density at radius 2 is 2.00 bits per heavy atom. The van der Waals surface area contributed by atoms with E-state index in [0.29, 0.717) is 11.1 Å². The summed E-state index contributed by atoms with van der Waals surface area (Å²) in [4.78, 5) is 0.800. The highest BCUT2D eigenvalue weighted by Crippen LogP contribution is 2.34. The topological polar surface area (TPSA) is 29.5 Å².